The summed E-state index contributed by atoms with van der Waals surface area (Å²) in [6, 6.07) is 0. The lowest BCUT2D eigenvalue weighted by atomic mass is 9.96. The van der Waals surface area contributed by atoms with Crippen molar-refractivity contribution in [2.75, 3.05) is 19.6 Å². The second-order valence-electron chi connectivity index (χ2n) is 5.85. The first-order valence-electron chi connectivity index (χ1n) is 7.41. The number of carbonyl (C=O) groups is 1. The molecular formula is C14H27ClN2O2. The van der Waals surface area contributed by atoms with Crippen LogP contribution in [0.25, 0.3) is 0 Å². The van der Waals surface area contributed by atoms with Crippen LogP contribution in [-0.4, -0.2) is 36.8 Å². The molecule has 0 aromatic heterocycles. The van der Waals surface area contributed by atoms with Crippen molar-refractivity contribution in [3.05, 3.63) is 0 Å². The molecule has 0 radical (unpaired) electrons. The van der Waals surface area contributed by atoms with Gasteiger partial charge < -0.3 is 15.7 Å². The van der Waals surface area contributed by atoms with Crippen molar-refractivity contribution in [2.24, 2.45) is 11.8 Å². The molecule has 1 aliphatic heterocycles. The molecule has 1 aliphatic carbocycles. The van der Waals surface area contributed by atoms with Crippen molar-refractivity contribution < 1.29 is 9.90 Å². The second kappa shape index (κ2) is 8.77. The molecule has 1 saturated heterocycles. The van der Waals surface area contributed by atoms with Crippen LogP contribution in [0.15, 0.2) is 0 Å². The summed E-state index contributed by atoms with van der Waals surface area (Å²) in [6.07, 6.45) is 8.02. The zero-order valence-electron chi connectivity index (χ0n) is 11.6. The molecule has 2 atom stereocenters. The summed E-state index contributed by atoms with van der Waals surface area (Å²) in [7, 11) is 0. The number of rotatable bonds is 4. The number of aliphatic hydroxyl groups is 1. The first-order valence-corrected chi connectivity index (χ1v) is 7.41. The summed E-state index contributed by atoms with van der Waals surface area (Å²) < 4.78 is 0. The highest BCUT2D eigenvalue weighted by molar-refractivity contribution is 5.85. The van der Waals surface area contributed by atoms with Gasteiger partial charge in [0.25, 0.3) is 0 Å². The van der Waals surface area contributed by atoms with Crippen LogP contribution in [0.5, 0.6) is 0 Å². The van der Waals surface area contributed by atoms with E-state index in [1.54, 1.807) is 0 Å². The van der Waals surface area contributed by atoms with E-state index in [1.165, 1.54) is 38.5 Å². The normalized spacial score (nSPS) is 28.5. The summed E-state index contributed by atoms with van der Waals surface area (Å²) in [5.41, 5.74) is 0. The predicted molar refractivity (Wildman–Crippen MR) is 78.4 cm³/mol. The van der Waals surface area contributed by atoms with Gasteiger partial charge in [-0.25, -0.2) is 0 Å². The standard InChI is InChI=1S/C14H26N2O2.ClH/c17-13-10-15-8-12(13)9-16-14(18)7-11-5-3-1-2-4-6-11;/h11-13,15,17H,1-10H2,(H,16,18);1H. The molecule has 0 aromatic rings. The molecule has 0 spiro atoms. The van der Waals surface area contributed by atoms with E-state index in [2.05, 4.69) is 10.6 Å². The van der Waals surface area contributed by atoms with Crippen molar-refractivity contribution in [1.29, 1.82) is 0 Å². The third kappa shape index (κ3) is 5.67. The number of nitrogens with one attached hydrogen (secondary N) is 2. The van der Waals surface area contributed by atoms with E-state index in [-0.39, 0.29) is 30.3 Å². The van der Waals surface area contributed by atoms with Crippen LogP contribution in [0.3, 0.4) is 0 Å². The van der Waals surface area contributed by atoms with E-state index >= 15 is 0 Å². The maximum absolute atomic E-state index is 11.9. The van der Waals surface area contributed by atoms with Crippen LogP contribution >= 0.6 is 12.4 Å². The third-order valence-electron chi connectivity index (χ3n) is 4.31. The maximum Gasteiger partial charge on any atom is 0.220 e. The van der Waals surface area contributed by atoms with E-state index in [9.17, 15) is 9.90 Å². The summed E-state index contributed by atoms with van der Waals surface area (Å²) in [4.78, 5) is 11.9. The van der Waals surface area contributed by atoms with Crippen molar-refractivity contribution in [2.45, 2.75) is 51.0 Å². The SMILES string of the molecule is Cl.O=C(CC1CCCCCC1)NCC1CNCC1O. The fourth-order valence-electron chi connectivity index (χ4n) is 3.07. The molecule has 5 heteroatoms. The smallest absolute Gasteiger partial charge is 0.220 e. The molecule has 2 rings (SSSR count). The Bertz CT molecular complexity index is 268. The fraction of sp³-hybridized carbons (Fsp3) is 0.929. The van der Waals surface area contributed by atoms with Gasteiger partial charge in [0.15, 0.2) is 0 Å². The summed E-state index contributed by atoms with van der Waals surface area (Å²) in [5, 5.41) is 15.8. The van der Waals surface area contributed by atoms with E-state index in [4.69, 9.17) is 0 Å². The van der Waals surface area contributed by atoms with Crippen molar-refractivity contribution in [3.8, 4) is 0 Å². The first kappa shape index (κ1) is 16.7. The molecular weight excluding hydrogens is 264 g/mol. The Morgan fingerprint density at radius 1 is 1.16 bits per heavy atom. The number of carbonyl (C=O) groups excluding carboxylic acids is 1. The minimum Gasteiger partial charge on any atom is -0.391 e. The Balaban J connectivity index is 0.00000180. The number of hydrogen-bond donors (Lipinski definition) is 3. The van der Waals surface area contributed by atoms with E-state index < -0.39 is 0 Å². The highest BCUT2D eigenvalue weighted by Crippen LogP contribution is 2.25. The molecule has 3 N–H and O–H groups in total. The molecule has 1 amide bonds. The average molecular weight is 291 g/mol. The predicted octanol–water partition coefficient (Wildman–Crippen LogP) is 1.47. The molecule has 1 saturated carbocycles. The molecule has 2 unspecified atom stereocenters. The summed E-state index contributed by atoms with van der Waals surface area (Å²) in [5.74, 6) is 0.934. The van der Waals surface area contributed by atoms with Gasteiger partial charge in [0, 0.05) is 32.0 Å². The van der Waals surface area contributed by atoms with Gasteiger partial charge in [-0.3, -0.25) is 4.79 Å². The number of β-amino-alcohol motifs (C(OH)–C–C–N with tert-alkyl or cyclic N) is 1. The molecule has 19 heavy (non-hydrogen) atoms. The van der Waals surface area contributed by atoms with Gasteiger partial charge in [-0.15, -0.1) is 12.4 Å². The molecule has 112 valence electrons. The number of amides is 1. The fourth-order valence-corrected chi connectivity index (χ4v) is 3.07. The van der Waals surface area contributed by atoms with Crippen molar-refractivity contribution in [3.63, 3.8) is 0 Å². The molecule has 0 aromatic carbocycles. The summed E-state index contributed by atoms with van der Waals surface area (Å²) >= 11 is 0. The topological polar surface area (TPSA) is 61.4 Å². The highest BCUT2D eigenvalue weighted by atomic mass is 35.5. The van der Waals surface area contributed by atoms with Gasteiger partial charge in [0.1, 0.15) is 0 Å². The minimum atomic E-state index is -0.303. The van der Waals surface area contributed by atoms with Crippen molar-refractivity contribution in [1.82, 2.24) is 10.6 Å². The number of aliphatic hydroxyl groups excluding tert-OH is 1. The lowest BCUT2D eigenvalue weighted by Crippen LogP contribution is -2.35. The second-order valence-corrected chi connectivity index (χ2v) is 5.85. The zero-order chi connectivity index (χ0) is 12.8. The molecule has 2 aliphatic rings. The Kier molecular flexibility index (Phi) is 7.73. The largest absolute Gasteiger partial charge is 0.391 e. The van der Waals surface area contributed by atoms with Gasteiger partial charge >= 0.3 is 0 Å². The van der Waals surface area contributed by atoms with Gasteiger partial charge in [0.05, 0.1) is 6.10 Å². The van der Waals surface area contributed by atoms with Crippen LogP contribution < -0.4 is 10.6 Å². The first-order chi connectivity index (χ1) is 8.75. The Morgan fingerprint density at radius 2 is 1.84 bits per heavy atom. The van der Waals surface area contributed by atoms with Crippen LogP contribution in [0.2, 0.25) is 0 Å². The Hall–Kier alpha value is -0.320. The van der Waals surface area contributed by atoms with Crippen molar-refractivity contribution >= 4 is 18.3 Å². The molecule has 0 bridgehead atoms. The summed E-state index contributed by atoms with van der Waals surface area (Å²) in [6.45, 7) is 2.08. The monoisotopic (exact) mass is 290 g/mol. The van der Waals surface area contributed by atoms with E-state index in [1.807, 2.05) is 0 Å². The minimum absolute atomic E-state index is 0. The lowest BCUT2D eigenvalue weighted by molar-refractivity contribution is -0.122. The third-order valence-corrected chi connectivity index (χ3v) is 4.31. The van der Waals surface area contributed by atoms with Gasteiger partial charge in [-0.05, 0) is 18.8 Å². The van der Waals surface area contributed by atoms with Crippen LogP contribution in [0.4, 0.5) is 0 Å². The highest BCUT2D eigenvalue weighted by Gasteiger charge is 2.25. The number of halogens is 1. The van der Waals surface area contributed by atoms with Gasteiger partial charge in [-0.2, -0.15) is 0 Å². The van der Waals surface area contributed by atoms with Crippen LogP contribution in [0, 0.1) is 11.8 Å². The maximum atomic E-state index is 11.9. The zero-order valence-corrected chi connectivity index (χ0v) is 12.4. The van der Waals surface area contributed by atoms with Crippen LogP contribution in [-0.2, 0) is 4.79 Å². The Morgan fingerprint density at radius 3 is 2.42 bits per heavy atom. The Labute approximate surface area is 122 Å². The van der Waals surface area contributed by atoms with E-state index in [0.717, 1.165) is 6.54 Å². The van der Waals surface area contributed by atoms with Gasteiger partial charge in [0.2, 0.25) is 5.91 Å². The van der Waals surface area contributed by atoms with Gasteiger partial charge in [-0.1, -0.05) is 25.7 Å². The quantitative estimate of drug-likeness (QED) is 0.687. The molecule has 4 nitrogen and oxygen atoms in total. The van der Waals surface area contributed by atoms with E-state index in [0.29, 0.717) is 25.4 Å². The number of hydrogen-bond acceptors (Lipinski definition) is 3. The average Bonchev–Trinajstić information content (AvgIpc) is 2.61. The molecule has 1 heterocycles. The van der Waals surface area contributed by atoms with Crippen LogP contribution in [0.1, 0.15) is 44.9 Å². The molecule has 2 fully saturated rings. The lowest BCUT2D eigenvalue weighted by Gasteiger charge is -2.17.